The summed E-state index contributed by atoms with van der Waals surface area (Å²) in [6, 6.07) is 12.9. The van der Waals surface area contributed by atoms with Gasteiger partial charge in [0.15, 0.2) is 5.65 Å². The SMILES string of the molecule is Cc1cc2nc(C(C)C)cc(NCc3ccc(CN(C)C)cc3)n2n1. The van der Waals surface area contributed by atoms with Crippen molar-refractivity contribution in [3.05, 3.63) is 58.9 Å². The number of hydrogen-bond acceptors (Lipinski definition) is 4. The number of aryl methyl sites for hydroxylation is 1. The molecule has 132 valence electrons. The Kier molecular flexibility index (Phi) is 5.04. The Balaban J connectivity index is 1.80. The van der Waals surface area contributed by atoms with Gasteiger partial charge in [-0.3, -0.25) is 0 Å². The molecule has 1 aromatic carbocycles. The number of hydrogen-bond donors (Lipinski definition) is 1. The molecule has 0 saturated carbocycles. The van der Waals surface area contributed by atoms with E-state index in [9.17, 15) is 0 Å². The Labute approximate surface area is 149 Å². The van der Waals surface area contributed by atoms with Crippen LogP contribution in [0.5, 0.6) is 0 Å². The van der Waals surface area contributed by atoms with Gasteiger partial charge < -0.3 is 10.2 Å². The Bertz CT molecular complexity index is 846. The Morgan fingerprint density at radius 2 is 1.76 bits per heavy atom. The molecule has 0 atom stereocenters. The highest BCUT2D eigenvalue weighted by atomic mass is 15.3. The van der Waals surface area contributed by atoms with Crippen molar-refractivity contribution in [2.75, 3.05) is 19.4 Å². The summed E-state index contributed by atoms with van der Waals surface area (Å²) in [4.78, 5) is 6.88. The van der Waals surface area contributed by atoms with Gasteiger partial charge in [-0.25, -0.2) is 4.98 Å². The second-order valence-electron chi connectivity index (χ2n) is 7.18. The molecule has 0 aliphatic heterocycles. The van der Waals surface area contributed by atoms with Crippen LogP contribution in [0.25, 0.3) is 5.65 Å². The quantitative estimate of drug-likeness (QED) is 0.742. The second kappa shape index (κ2) is 7.23. The van der Waals surface area contributed by atoms with Crippen LogP contribution in [0.3, 0.4) is 0 Å². The van der Waals surface area contributed by atoms with Crippen LogP contribution in [-0.2, 0) is 13.1 Å². The van der Waals surface area contributed by atoms with Crippen LogP contribution in [0, 0.1) is 6.92 Å². The predicted octanol–water partition coefficient (Wildman–Crippen LogP) is 3.83. The summed E-state index contributed by atoms with van der Waals surface area (Å²) < 4.78 is 1.89. The first-order valence-corrected chi connectivity index (χ1v) is 8.76. The zero-order valence-electron chi connectivity index (χ0n) is 15.7. The largest absolute Gasteiger partial charge is 0.366 e. The van der Waals surface area contributed by atoms with E-state index in [0.29, 0.717) is 5.92 Å². The van der Waals surface area contributed by atoms with Gasteiger partial charge in [-0.1, -0.05) is 38.1 Å². The summed E-state index contributed by atoms with van der Waals surface area (Å²) in [5, 5.41) is 8.08. The third-order valence-corrected chi connectivity index (χ3v) is 4.16. The number of rotatable bonds is 6. The highest BCUT2D eigenvalue weighted by Crippen LogP contribution is 2.20. The molecule has 25 heavy (non-hydrogen) atoms. The molecule has 2 heterocycles. The van der Waals surface area contributed by atoms with Gasteiger partial charge in [0.25, 0.3) is 0 Å². The third kappa shape index (κ3) is 4.17. The van der Waals surface area contributed by atoms with Gasteiger partial charge in [0.05, 0.1) is 5.69 Å². The number of nitrogens with zero attached hydrogens (tertiary/aromatic N) is 4. The molecule has 0 aliphatic carbocycles. The van der Waals surface area contributed by atoms with E-state index in [4.69, 9.17) is 4.98 Å². The molecule has 5 nitrogen and oxygen atoms in total. The molecule has 0 aliphatic rings. The standard InChI is InChI=1S/C20H27N5/c1-14(2)18-11-19(25-20(22-18)10-15(3)23-25)21-12-16-6-8-17(9-7-16)13-24(4)5/h6-11,14,21H,12-13H2,1-5H3. The number of anilines is 1. The minimum Gasteiger partial charge on any atom is -0.366 e. The van der Waals surface area contributed by atoms with E-state index in [1.54, 1.807) is 0 Å². The van der Waals surface area contributed by atoms with Crippen LogP contribution < -0.4 is 5.32 Å². The van der Waals surface area contributed by atoms with Gasteiger partial charge in [-0.2, -0.15) is 9.61 Å². The van der Waals surface area contributed by atoms with Gasteiger partial charge in [0.2, 0.25) is 0 Å². The predicted molar refractivity (Wildman–Crippen MR) is 103 cm³/mol. The van der Waals surface area contributed by atoms with Gasteiger partial charge in [-0.15, -0.1) is 0 Å². The van der Waals surface area contributed by atoms with E-state index in [-0.39, 0.29) is 0 Å². The molecule has 0 saturated heterocycles. The summed E-state index contributed by atoms with van der Waals surface area (Å²) >= 11 is 0. The van der Waals surface area contributed by atoms with Crippen molar-refractivity contribution in [3.63, 3.8) is 0 Å². The molecular weight excluding hydrogens is 310 g/mol. The molecule has 0 spiro atoms. The highest BCUT2D eigenvalue weighted by Gasteiger charge is 2.10. The Morgan fingerprint density at radius 1 is 1.08 bits per heavy atom. The Hall–Kier alpha value is -2.40. The van der Waals surface area contributed by atoms with Crippen molar-refractivity contribution in [1.29, 1.82) is 0 Å². The molecule has 1 N–H and O–H groups in total. The smallest absolute Gasteiger partial charge is 0.157 e. The van der Waals surface area contributed by atoms with E-state index in [1.807, 2.05) is 17.5 Å². The average molecular weight is 337 g/mol. The fraction of sp³-hybridized carbons (Fsp3) is 0.400. The van der Waals surface area contributed by atoms with E-state index in [0.717, 1.165) is 35.9 Å². The van der Waals surface area contributed by atoms with Gasteiger partial charge in [0, 0.05) is 30.9 Å². The average Bonchev–Trinajstić information content (AvgIpc) is 2.93. The number of nitrogens with one attached hydrogen (secondary N) is 1. The minimum atomic E-state index is 0.381. The first-order valence-electron chi connectivity index (χ1n) is 8.76. The Morgan fingerprint density at radius 3 is 2.40 bits per heavy atom. The van der Waals surface area contributed by atoms with Crippen molar-refractivity contribution < 1.29 is 0 Å². The normalized spacial score (nSPS) is 11.6. The maximum absolute atomic E-state index is 4.71. The first-order chi connectivity index (χ1) is 11.9. The fourth-order valence-electron chi connectivity index (χ4n) is 2.85. The molecule has 0 bridgehead atoms. The van der Waals surface area contributed by atoms with E-state index in [2.05, 4.69) is 73.6 Å². The van der Waals surface area contributed by atoms with E-state index >= 15 is 0 Å². The lowest BCUT2D eigenvalue weighted by atomic mass is 10.1. The van der Waals surface area contributed by atoms with E-state index < -0.39 is 0 Å². The molecule has 3 rings (SSSR count). The van der Waals surface area contributed by atoms with Crippen molar-refractivity contribution in [2.45, 2.75) is 39.8 Å². The molecule has 5 heteroatoms. The summed E-state index contributed by atoms with van der Waals surface area (Å²) in [5.74, 6) is 1.37. The lowest BCUT2D eigenvalue weighted by Gasteiger charge is -2.13. The van der Waals surface area contributed by atoms with Crippen molar-refractivity contribution in [3.8, 4) is 0 Å². The van der Waals surface area contributed by atoms with Gasteiger partial charge >= 0.3 is 0 Å². The van der Waals surface area contributed by atoms with Crippen LogP contribution in [0.2, 0.25) is 0 Å². The molecule has 2 aromatic heterocycles. The van der Waals surface area contributed by atoms with Crippen LogP contribution in [0.1, 0.15) is 42.3 Å². The fourth-order valence-corrected chi connectivity index (χ4v) is 2.85. The van der Waals surface area contributed by atoms with Crippen LogP contribution in [0.15, 0.2) is 36.4 Å². The monoisotopic (exact) mass is 337 g/mol. The van der Waals surface area contributed by atoms with Crippen molar-refractivity contribution in [2.24, 2.45) is 0 Å². The number of fused-ring (bicyclic) bond motifs is 1. The van der Waals surface area contributed by atoms with Crippen LogP contribution in [0.4, 0.5) is 5.82 Å². The second-order valence-corrected chi connectivity index (χ2v) is 7.18. The molecule has 3 aromatic rings. The van der Waals surface area contributed by atoms with Crippen LogP contribution in [-0.4, -0.2) is 33.6 Å². The maximum Gasteiger partial charge on any atom is 0.157 e. The first kappa shape index (κ1) is 17.4. The maximum atomic E-state index is 4.71. The molecule has 0 unspecified atom stereocenters. The lowest BCUT2D eigenvalue weighted by Crippen LogP contribution is -2.11. The van der Waals surface area contributed by atoms with E-state index in [1.165, 1.54) is 11.1 Å². The summed E-state index contributed by atoms with van der Waals surface area (Å²) in [6.07, 6.45) is 0. The highest BCUT2D eigenvalue weighted by molar-refractivity contribution is 5.51. The van der Waals surface area contributed by atoms with Crippen molar-refractivity contribution in [1.82, 2.24) is 19.5 Å². The topological polar surface area (TPSA) is 45.5 Å². The molecule has 0 amide bonds. The molecule has 0 fully saturated rings. The molecular formula is C20H27N5. The number of aromatic nitrogens is 3. The van der Waals surface area contributed by atoms with Crippen molar-refractivity contribution >= 4 is 11.5 Å². The van der Waals surface area contributed by atoms with Gasteiger partial charge in [-0.05, 0) is 38.1 Å². The van der Waals surface area contributed by atoms with Crippen LogP contribution >= 0.6 is 0 Å². The zero-order chi connectivity index (χ0) is 18.0. The van der Waals surface area contributed by atoms with Gasteiger partial charge in [0.1, 0.15) is 5.82 Å². The third-order valence-electron chi connectivity index (χ3n) is 4.16. The molecule has 0 radical (unpaired) electrons. The lowest BCUT2D eigenvalue weighted by molar-refractivity contribution is 0.402. The minimum absolute atomic E-state index is 0.381. The zero-order valence-corrected chi connectivity index (χ0v) is 15.7. The summed E-state index contributed by atoms with van der Waals surface area (Å²) in [6.45, 7) is 8.04. The number of benzene rings is 1. The summed E-state index contributed by atoms with van der Waals surface area (Å²) in [5.41, 5.74) is 5.53. The summed E-state index contributed by atoms with van der Waals surface area (Å²) in [7, 11) is 4.17.